The van der Waals surface area contributed by atoms with E-state index in [9.17, 15) is 0 Å². The van der Waals surface area contributed by atoms with Crippen LogP contribution in [0.1, 0.15) is 11.1 Å². The van der Waals surface area contributed by atoms with Gasteiger partial charge in [0.15, 0.2) is 12.7 Å². The lowest BCUT2D eigenvalue weighted by Gasteiger charge is -2.04. The first kappa shape index (κ1) is 13.9. The van der Waals surface area contributed by atoms with E-state index in [-0.39, 0.29) is 0 Å². The highest BCUT2D eigenvalue weighted by atomic mass is 32.2. The van der Waals surface area contributed by atoms with Gasteiger partial charge in [-0.25, -0.2) is 0 Å². The van der Waals surface area contributed by atoms with Gasteiger partial charge in [0, 0.05) is 23.4 Å². The number of hydrogen-bond acceptors (Lipinski definition) is 1. The zero-order valence-electron chi connectivity index (χ0n) is 11.9. The lowest BCUT2D eigenvalue weighted by atomic mass is 10.2. The van der Waals surface area contributed by atoms with Crippen LogP contribution in [0.3, 0.4) is 0 Å². The second kappa shape index (κ2) is 7.09. The lowest BCUT2D eigenvalue weighted by molar-refractivity contribution is -0.724. The molecule has 21 heavy (non-hydrogen) atoms. The standard InChI is InChI=1S/C19H18NS/c1-3-9-17(10-4-1)15-20-14-8-7-13-19(20)21-16-18-11-5-2-6-12-18/h1-14H,15-16H2/q+1. The summed E-state index contributed by atoms with van der Waals surface area (Å²) in [6, 6.07) is 27.6. The summed E-state index contributed by atoms with van der Waals surface area (Å²) in [7, 11) is 0. The second-order valence-corrected chi connectivity index (χ2v) is 5.92. The number of thioether (sulfide) groups is 1. The van der Waals surface area contributed by atoms with Crippen molar-refractivity contribution < 1.29 is 4.57 Å². The molecule has 3 aromatic rings. The number of nitrogens with zero attached hydrogens (tertiary/aromatic N) is 1. The SMILES string of the molecule is c1ccc(CSc2cccc[n+]2Cc2ccccc2)cc1. The van der Waals surface area contributed by atoms with Crippen molar-refractivity contribution in [1.29, 1.82) is 0 Å². The minimum absolute atomic E-state index is 0.915. The average Bonchev–Trinajstić information content (AvgIpc) is 2.56. The molecule has 0 spiro atoms. The fourth-order valence-corrected chi connectivity index (χ4v) is 3.21. The van der Waals surface area contributed by atoms with Crippen LogP contribution in [0.25, 0.3) is 0 Å². The number of pyridine rings is 1. The summed E-state index contributed by atoms with van der Waals surface area (Å²) in [6.45, 7) is 0.915. The molecule has 104 valence electrons. The normalized spacial score (nSPS) is 10.5. The predicted octanol–water partition coefficient (Wildman–Crippen LogP) is 4.31. The summed E-state index contributed by atoms with van der Waals surface area (Å²) in [5.41, 5.74) is 2.69. The van der Waals surface area contributed by atoms with Crippen LogP contribution in [0.4, 0.5) is 0 Å². The van der Waals surface area contributed by atoms with Gasteiger partial charge in [-0.05, 0) is 11.6 Å². The third-order valence-electron chi connectivity index (χ3n) is 3.32. The molecule has 0 aliphatic heterocycles. The van der Waals surface area contributed by atoms with E-state index >= 15 is 0 Å². The van der Waals surface area contributed by atoms with E-state index in [2.05, 4.69) is 89.6 Å². The van der Waals surface area contributed by atoms with Gasteiger partial charge >= 0.3 is 0 Å². The van der Waals surface area contributed by atoms with E-state index in [4.69, 9.17) is 0 Å². The molecule has 0 fully saturated rings. The van der Waals surface area contributed by atoms with Crippen molar-refractivity contribution in [3.05, 3.63) is 96.2 Å². The van der Waals surface area contributed by atoms with E-state index in [1.807, 2.05) is 11.8 Å². The van der Waals surface area contributed by atoms with Crippen LogP contribution in [0.2, 0.25) is 0 Å². The molecule has 2 heteroatoms. The van der Waals surface area contributed by atoms with Gasteiger partial charge in [0.2, 0.25) is 5.03 Å². The van der Waals surface area contributed by atoms with Gasteiger partial charge in [-0.3, -0.25) is 0 Å². The highest BCUT2D eigenvalue weighted by molar-refractivity contribution is 7.98. The van der Waals surface area contributed by atoms with Crippen LogP contribution < -0.4 is 4.57 Å². The Morgan fingerprint density at radius 1 is 0.667 bits per heavy atom. The molecule has 2 aromatic carbocycles. The van der Waals surface area contributed by atoms with Crippen LogP contribution in [0, 0.1) is 0 Å². The largest absolute Gasteiger partial charge is 0.240 e. The summed E-state index contributed by atoms with van der Waals surface area (Å²) in [4.78, 5) is 0. The Hall–Kier alpha value is -2.06. The van der Waals surface area contributed by atoms with Crippen molar-refractivity contribution in [2.24, 2.45) is 0 Å². The molecular weight excluding hydrogens is 274 g/mol. The van der Waals surface area contributed by atoms with E-state index < -0.39 is 0 Å². The van der Waals surface area contributed by atoms with E-state index in [0.29, 0.717) is 0 Å². The highest BCUT2D eigenvalue weighted by Gasteiger charge is 2.10. The highest BCUT2D eigenvalue weighted by Crippen LogP contribution is 2.19. The second-order valence-electron chi connectivity index (χ2n) is 4.93. The van der Waals surface area contributed by atoms with E-state index in [0.717, 1.165) is 12.3 Å². The summed E-state index contributed by atoms with van der Waals surface area (Å²) >= 11 is 1.88. The topological polar surface area (TPSA) is 3.88 Å². The maximum absolute atomic E-state index is 2.31. The Labute approximate surface area is 130 Å². The fourth-order valence-electron chi connectivity index (χ4n) is 2.23. The molecule has 0 unspecified atom stereocenters. The third-order valence-corrected chi connectivity index (χ3v) is 4.47. The number of rotatable bonds is 5. The predicted molar refractivity (Wildman–Crippen MR) is 88.2 cm³/mol. The first-order valence-electron chi connectivity index (χ1n) is 7.11. The Balaban J connectivity index is 1.73. The van der Waals surface area contributed by atoms with E-state index in [1.54, 1.807) is 0 Å². The van der Waals surface area contributed by atoms with Gasteiger partial charge in [0.05, 0.1) is 0 Å². The molecule has 1 heterocycles. The average molecular weight is 292 g/mol. The van der Waals surface area contributed by atoms with Crippen LogP contribution in [0.5, 0.6) is 0 Å². The zero-order valence-corrected chi connectivity index (χ0v) is 12.7. The molecule has 0 saturated carbocycles. The summed E-state index contributed by atoms with van der Waals surface area (Å²) in [6.07, 6.45) is 2.15. The van der Waals surface area contributed by atoms with Crippen molar-refractivity contribution >= 4 is 11.8 Å². The van der Waals surface area contributed by atoms with Crippen molar-refractivity contribution in [3.63, 3.8) is 0 Å². The Bertz CT molecular complexity index is 680. The maximum atomic E-state index is 2.31. The number of aromatic nitrogens is 1. The van der Waals surface area contributed by atoms with Crippen molar-refractivity contribution in [2.45, 2.75) is 17.3 Å². The minimum Gasteiger partial charge on any atom is -0.189 e. The molecule has 0 amide bonds. The number of benzene rings is 2. The summed E-state index contributed by atoms with van der Waals surface area (Å²) < 4.78 is 2.31. The van der Waals surface area contributed by atoms with Crippen molar-refractivity contribution in [3.8, 4) is 0 Å². The van der Waals surface area contributed by atoms with Gasteiger partial charge < -0.3 is 0 Å². The van der Waals surface area contributed by atoms with Crippen LogP contribution in [-0.4, -0.2) is 0 Å². The molecule has 3 rings (SSSR count). The Kier molecular flexibility index (Phi) is 4.70. The van der Waals surface area contributed by atoms with Crippen molar-refractivity contribution in [2.75, 3.05) is 0 Å². The van der Waals surface area contributed by atoms with Crippen LogP contribution in [-0.2, 0) is 12.3 Å². The molecule has 0 N–H and O–H groups in total. The van der Waals surface area contributed by atoms with Crippen molar-refractivity contribution in [1.82, 2.24) is 0 Å². The maximum Gasteiger partial charge on any atom is 0.240 e. The molecular formula is C19H18NS+. The molecule has 0 aliphatic rings. The quantitative estimate of drug-likeness (QED) is 0.500. The molecule has 1 aromatic heterocycles. The number of hydrogen-bond donors (Lipinski definition) is 0. The first-order chi connectivity index (χ1) is 10.4. The summed E-state index contributed by atoms with van der Waals surface area (Å²) in [5, 5.41) is 1.30. The molecule has 0 radical (unpaired) electrons. The van der Waals surface area contributed by atoms with Gasteiger partial charge in [-0.2, -0.15) is 4.57 Å². The van der Waals surface area contributed by atoms with Gasteiger partial charge in [0.25, 0.3) is 0 Å². The minimum atomic E-state index is 0.915. The summed E-state index contributed by atoms with van der Waals surface area (Å²) in [5.74, 6) is 1.000. The fraction of sp³-hybridized carbons (Fsp3) is 0.105. The zero-order chi connectivity index (χ0) is 14.3. The molecule has 0 atom stereocenters. The molecule has 0 bridgehead atoms. The lowest BCUT2D eigenvalue weighted by Crippen LogP contribution is -2.36. The van der Waals surface area contributed by atoms with Crippen LogP contribution >= 0.6 is 11.8 Å². The van der Waals surface area contributed by atoms with Gasteiger partial charge in [0.1, 0.15) is 0 Å². The third kappa shape index (κ3) is 3.96. The molecule has 0 aliphatic carbocycles. The van der Waals surface area contributed by atoms with E-state index in [1.165, 1.54) is 16.2 Å². The van der Waals surface area contributed by atoms with Gasteiger partial charge in [-0.1, -0.05) is 72.4 Å². The Morgan fingerprint density at radius 3 is 2.00 bits per heavy atom. The molecule has 0 saturated heterocycles. The van der Waals surface area contributed by atoms with Gasteiger partial charge in [-0.15, -0.1) is 0 Å². The monoisotopic (exact) mass is 292 g/mol. The smallest absolute Gasteiger partial charge is 0.189 e. The first-order valence-corrected chi connectivity index (χ1v) is 8.09. The van der Waals surface area contributed by atoms with Crippen LogP contribution in [0.15, 0.2) is 90.1 Å². The molecule has 1 nitrogen and oxygen atoms in total. The Morgan fingerprint density at radius 2 is 1.29 bits per heavy atom.